The van der Waals surface area contributed by atoms with E-state index >= 15 is 0 Å². The van der Waals surface area contributed by atoms with Crippen LogP contribution >= 0.6 is 0 Å². The number of carbonyl (C=O) groups is 1. The van der Waals surface area contributed by atoms with E-state index in [-0.39, 0.29) is 0 Å². The average Bonchev–Trinajstić information content (AvgIpc) is 2.40. The van der Waals surface area contributed by atoms with Crippen LogP contribution in [0.4, 0.5) is 4.79 Å². The Balaban J connectivity index is 3.08. The zero-order valence-corrected chi connectivity index (χ0v) is 14.7. The molecule has 0 spiro atoms. The Morgan fingerprint density at radius 3 is 1.84 bits per heavy atom. The molecule has 0 aliphatic heterocycles. The monoisotopic (exact) mass is 333 g/mol. The van der Waals surface area contributed by atoms with Crippen LogP contribution in [0.3, 0.4) is 0 Å². The molecule has 1 amide bonds. The first-order valence-corrected chi connectivity index (χ1v) is 11.9. The summed E-state index contributed by atoms with van der Waals surface area (Å²) in [5.74, 6) is 0. The van der Waals surface area contributed by atoms with Crippen molar-refractivity contribution in [3.05, 3.63) is 0 Å². The minimum Gasteiger partial charge on any atom is -0.465 e. The van der Waals surface area contributed by atoms with Gasteiger partial charge in [0.15, 0.2) is 0 Å². The smallest absolute Gasteiger partial charge is 0.465 e. The molecular formula is C15H32AsNO2. The fraction of sp³-hybridized carbons (Fsp3) is 0.933. The van der Waals surface area contributed by atoms with Crippen molar-refractivity contribution < 1.29 is 9.90 Å². The quantitative estimate of drug-likeness (QED) is 0.372. The molecule has 0 rings (SSSR count). The molecule has 0 aliphatic carbocycles. The fourth-order valence-corrected chi connectivity index (χ4v) is 5.93. The van der Waals surface area contributed by atoms with Crippen molar-refractivity contribution in [2.75, 3.05) is 6.54 Å². The van der Waals surface area contributed by atoms with Gasteiger partial charge in [0.1, 0.15) is 0 Å². The molecule has 114 valence electrons. The summed E-state index contributed by atoms with van der Waals surface area (Å²) in [4.78, 5) is 10.2. The number of unbranched alkanes of at least 4 members (excludes halogenated alkanes) is 7. The molecule has 0 saturated heterocycles. The van der Waals surface area contributed by atoms with E-state index in [0.717, 1.165) is 12.8 Å². The van der Waals surface area contributed by atoms with E-state index in [9.17, 15) is 4.79 Å². The van der Waals surface area contributed by atoms with Gasteiger partial charge in [-0.25, -0.2) is 4.79 Å². The maximum absolute atomic E-state index is 10.2. The average molecular weight is 333 g/mol. The molecule has 0 bridgehead atoms. The Morgan fingerprint density at radius 2 is 1.37 bits per heavy atom. The molecule has 4 heteroatoms. The molecular weight excluding hydrogens is 301 g/mol. The molecule has 0 aromatic carbocycles. The van der Waals surface area contributed by atoms with Gasteiger partial charge in [0.05, 0.1) is 0 Å². The first-order chi connectivity index (χ1) is 9.20. The first kappa shape index (κ1) is 18.8. The van der Waals surface area contributed by atoms with Crippen LogP contribution < -0.4 is 5.32 Å². The Hall–Kier alpha value is -0.172. The van der Waals surface area contributed by atoms with Crippen molar-refractivity contribution in [1.29, 1.82) is 0 Å². The van der Waals surface area contributed by atoms with E-state index in [2.05, 4.69) is 19.2 Å². The van der Waals surface area contributed by atoms with Gasteiger partial charge in [-0.3, -0.25) is 0 Å². The Bertz CT molecular complexity index is 208. The van der Waals surface area contributed by atoms with E-state index in [0.29, 0.717) is 6.54 Å². The van der Waals surface area contributed by atoms with Crippen LogP contribution in [-0.4, -0.2) is 32.4 Å². The van der Waals surface area contributed by atoms with Crippen molar-refractivity contribution in [3.63, 3.8) is 0 Å². The third kappa shape index (κ3) is 14.1. The zero-order valence-electron chi connectivity index (χ0n) is 12.8. The predicted octanol–water partition coefficient (Wildman–Crippen LogP) is 4.91. The van der Waals surface area contributed by atoms with E-state index in [1.165, 1.54) is 48.9 Å². The molecule has 0 fully saturated rings. The molecule has 3 nitrogen and oxygen atoms in total. The SMILES string of the molecule is CC[As](CC)CCCCCCCCCCNC(=O)O. The van der Waals surface area contributed by atoms with Gasteiger partial charge in [0.2, 0.25) is 0 Å². The minimum absolute atomic E-state index is 0.398. The number of amides is 1. The van der Waals surface area contributed by atoms with Crippen molar-refractivity contribution in [1.82, 2.24) is 5.32 Å². The summed E-state index contributed by atoms with van der Waals surface area (Å²) >= 11 is -0.398. The van der Waals surface area contributed by atoms with Gasteiger partial charge in [-0.05, 0) is 0 Å². The van der Waals surface area contributed by atoms with Gasteiger partial charge < -0.3 is 5.11 Å². The summed E-state index contributed by atoms with van der Waals surface area (Å²) in [5, 5.41) is 15.3. The summed E-state index contributed by atoms with van der Waals surface area (Å²) in [5.41, 5.74) is 0. The molecule has 2 N–H and O–H groups in total. The van der Waals surface area contributed by atoms with Gasteiger partial charge >= 0.3 is 113 Å². The Labute approximate surface area is 123 Å². The van der Waals surface area contributed by atoms with Crippen molar-refractivity contribution in [2.45, 2.75) is 80.8 Å². The minimum atomic E-state index is -0.902. The van der Waals surface area contributed by atoms with E-state index in [4.69, 9.17) is 5.11 Å². The zero-order chi connectivity index (χ0) is 14.3. The van der Waals surface area contributed by atoms with Crippen molar-refractivity contribution >= 4 is 20.7 Å². The summed E-state index contributed by atoms with van der Waals surface area (Å²) in [7, 11) is 0. The Kier molecular flexibility index (Phi) is 14.1. The van der Waals surface area contributed by atoms with Crippen LogP contribution in [-0.2, 0) is 0 Å². The molecule has 0 aromatic heterocycles. The van der Waals surface area contributed by atoms with E-state index < -0.39 is 20.7 Å². The predicted molar refractivity (Wildman–Crippen MR) is 84.5 cm³/mol. The number of hydrogen-bond donors (Lipinski definition) is 2. The van der Waals surface area contributed by atoms with Gasteiger partial charge in [0, 0.05) is 0 Å². The summed E-state index contributed by atoms with van der Waals surface area (Å²) in [6, 6.07) is 0. The summed E-state index contributed by atoms with van der Waals surface area (Å²) < 4.78 is 0. The molecule has 0 unspecified atom stereocenters. The molecule has 0 aromatic rings. The second-order valence-electron chi connectivity index (χ2n) is 5.09. The topological polar surface area (TPSA) is 49.3 Å². The molecule has 19 heavy (non-hydrogen) atoms. The Morgan fingerprint density at radius 1 is 0.895 bits per heavy atom. The maximum atomic E-state index is 10.2. The van der Waals surface area contributed by atoms with Crippen molar-refractivity contribution in [3.8, 4) is 0 Å². The molecule has 0 heterocycles. The number of hydrogen-bond acceptors (Lipinski definition) is 1. The molecule has 0 radical (unpaired) electrons. The number of carboxylic acid groups (broad SMARTS) is 1. The molecule has 0 atom stereocenters. The fourth-order valence-electron chi connectivity index (χ4n) is 2.26. The second kappa shape index (κ2) is 14.2. The third-order valence-electron chi connectivity index (χ3n) is 3.57. The van der Waals surface area contributed by atoms with Gasteiger partial charge in [-0.1, -0.05) is 0 Å². The summed E-state index contributed by atoms with van der Waals surface area (Å²) in [6.45, 7) is 5.33. The van der Waals surface area contributed by atoms with Crippen molar-refractivity contribution in [2.24, 2.45) is 0 Å². The van der Waals surface area contributed by atoms with E-state index in [1.807, 2.05) is 0 Å². The van der Waals surface area contributed by atoms with Crippen LogP contribution in [0.15, 0.2) is 0 Å². The van der Waals surface area contributed by atoms with Gasteiger partial charge in [-0.15, -0.1) is 0 Å². The third-order valence-corrected chi connectivity index (χ3v) is 9.32. The van der Waals surface area contributed by atoms with Crippen LogP contribution in [0.5, 0.6) is 0 Å². The standard InChI is InChI=1S/C15H32AsNO2/c1-3-16(4-2)13-11-9-7-5-6-8-10-12-14-17-15(18)19/h17H,3-14H2,1-2H3,(H,18,19). The summed E-state index contributed by atoms with van der Waals surface area (Å²) in [6.07, 6.45) is 9.44. The van der Waals surface area contributed by atoms with Gasteiger partial charge in [0.25, 0.3) is 0 Å². The molecule has 0 saturated carbocycles. The van der Waals surface area contributed by atoms with Crippen LogP contribution in [0.25, 0.3) is 0 Å². The van der Waals surface area contributed by atoms with Crippen LogP contribution in [0.1, 0.15) is 65.2 Å². The molecule has 0 aliphatic rings. The first-order valence-electron chi connectivity index (χ1n) is 7.89. The number of rotatable bonds is 13. The normalized spacial score (nSPS) is 10.9. The van der Waals surface area contributed by atoms with E-state index in [1.54, 1.807) is 5.21 Å². The van der Waals surface area contributed by atoms with Crippen LogP contribution in [0.2, 0.25) is 15.6 Å². The second-order valence-corrected chi connectivity index (χ2v) is 11.5. The van der Waals surface area contributed by atoms with Crippen LogP contribution in [0, 0.1) is 0 Å². The van der Waals surface area contributed by atoms with Gasteiger partial charge in [-0.2, -0.15) is 0 Å². The number of nitrogens with one attached hydrogen (secondary N) is 1.